The van der Waals surface area contributed by atoms with E-state index in [4.69, 9.17) is 0 Å². The van der Waals surface area contributed by atoms with Gasteiger partial charge in [0, 0.05) is 86.3 Å². The molecule has 1 heterocycles. The summed E-state index contributed by atoms with van der Waals surface area (Å²) >= 11 is 0. The van der Waals surface area contributed by atoms with Crippen molar-refractivity contribution < 1.29 is 57.8 Å². The van der Waals surface area contributed by atoms with Gasteiger partial charge in [-0.3, -0.25) is 52.7 Å². The van der Waals surface area contributed by atoms with Crippen LogP contribution in [0.3, 0.4) is 0 Å². The number of ketones is 3. The van der Waals surface area contributed by atoms with Crippen LogP contribution in [0.15, 0.2) is 12.2 Å². The molecule has 0 radical (unpaired) electrons. The summed E-state index contributed by atoms with van der Waals surface area (Å²) in [7, 11) is 10.3. The summed E-state index contributed by atoms with van der Waals surface area (Å²) in [6.45, 7) is 32.0. The number of Topliss-reactive ketones (excluding diaryl/α,β-unsaturated/α-hetero) is 3. The van der Waals surface area contributed by atoms with Crippen LogP contribution in [0.1, 0.15) is 176 Å². The smallest absolute Gasteiger partial charge is 0.246 e. The van der Waals surface area contributed by atoms with E-state index in [0.29, 0.717) is 6.42 Å². The summed E-state index contributed by atoms with van der Waals surface area (Å²) in [5.74, 6) is -11.3. The first-order valence-electron chi connectivity index (χ1n) is 31.6. The van der Waals surface area contributed by atoms with E-state index >= 15 is 14.4 Å². The molecule has 20 nitrogen and oxygen atoms in total. The van der Waals surface area contributed by atoms with Crippen molar-refractivity contribution in [3.8, 4) is 0 Å². The summed E-state index contributed by atoms with van der Waals surface area (Å²) in [5, 5.41) is 15.0. The number of nitrogens with one attached hydrogen (secondary N) is 1. The summed E-state index contributed by atoms with van der Waals surface area (Å²) in [5.41, 5.74) is 0. The Bertz CT molecular complexity index is 2350. The average Bonchev–Trinajstić information content (AvgIpc) is 2.16. The fourth-order valence-electron chi connectivity index (χ4n) is 11.7. The number of rotatable bonds is 15. The van der Waals surface area contributed by atoms with Gasteiger partial charge in [0.15, 0.2) is 17.3 Å². The highest BCUT2D eigenvalue weighted by Crippen LogP contribution is 2.30. The summed E-state index contributed by atoms with van der Waals surface area (Å²) in [6.07, 6.45) is 2.41. The van der Waals surface area contributed by atoms with Crippen molar-refractivity contribution in [2.24, 2.45) is 65.1 Å². The fraction of sp³-hybridized carbons (Fsp3) is 0.803. The molecule has 12 atom stereocenters. The molecule has 86 heavy (non-hydrogen) atoms. The van der Waals surface area contributed by atoms with E-state index in [1.807, 2.05) is 88.3 Å². The van der Waals surface area contributed by atoms with Gasteiger partial charge >= 0.3 is 0 Å². The molecule has 0 saturated carbocycles. The molecular formula is C66H116N8O12. The minimum atomic E-state index is -1.50. The summed E-state index contributed by atoms with van der Waals surface area (Å²) in [6, 6.07) is -8.12. The van der Waals surface area contributed by atoms with Crippen molar-refractivity contribution in [3.63, 3.8) is 0 Å². The monoisotopic (exact) mass is 1210 g/mol. The van der Waals surface area contributed by atoms with E-state index in [0.717, 1.165) is 4.90 Å². The number of hydrogen-bond donors (Lipinski definition) is 2. The third-order valence-corrected chi connectivity index (χ3v) is 17.3. The second kappa shape index (κ2) is 35.5. The van der Waals surface area contributed by atoms with Crippen LogP contribution in [0.5, 0.6) is 0 Å². The number of aliphatic hydroxyl groups is 1. The molecule has 8 amide bonds. The molecule has 1 rings (SSSR count). The number of amides is 8. The molecule has 0 aliphatic carbocycles. The first-order valence-corrected chi connectivity index (χ1v) is 31.6. The van der Waals surface area contributed by atoms with E-state index in [1.54, 1.807) is 41.5 Å². The van der Waals surface area contributed by atoms with Crippen LogP contribution in [0.25, 0.3) is 0 Å². The van der Waals surface area contributed by atoms with Gasteiger partial charge in [0.2, 0.25) is 47.3 Å². The molecule has 0 aromatic rings. The number of carbonyl (C=O) groups excluding carboxylic acids is 11. The maximum Gasteiger partial charge on any atom is 0.246 e. The standard InChI is InChI=1S/C66H116N8O12/c1-26-27-28-44(16)59(79)58-55(77)35-47(41(10)11)62(82)68(19)36-56(78)69(20)49(29-37(2)3)54(76)34-48(42(12)13)63(83)70(21)50(30-38(4)5)53(75)33-45(17)60(80)67-46(18)61(81)71(22)51(31-39(6)7)64(84)72(23)52(32-40(8)9)65(85)73(24)57(43(14)15)66(86)74(58)25/h26-27,37-52,57-59,79H,28-36H2,1-25H3,(H,67,80)/b27-26+/t44-,45-,46-,47+,48+,49+,50+,51+,52+,57+,58-,59-/m1/s1. The van der Waals surface area contributed by atoms with Gasteiger partial charge in [-0.2, -0.15) is 0 Å². The quantitative estimate of drug-likeness (QED) is 0.161. The van der Waals surface area contributed by atoms with Crippen LogP contribution >= 0.6 is 0 Å². The average molecular weight is 1210 g/mol. The largest absolute Gasteiger partial charge is 0.390 e. The Kier molecular flexibility index (Phi) is 32.4. The van der Waals surface area contributed by atoms with Crippen molar-refractivity contribution >= 4 is 64.6 Å². The third-order valence-electron chi connectivity index (χ3n) is 17.3. The number of hydrogen-bond acceptors (Lipinski definition) is 12. The Labute approximate surface area is 517 Å². The second-order valence-corrected chi connectivity index (χ2v) is 27.8. The normalized spacial score (nSPS) is 27.1. The van der Waals surface area contributed by atoms with Gasteiger partial charge < -0.3 is 44.7 Å². The van der Waals surface area contributed by atoms with Crippen molar-refractivity contribution in [3.05, 3.63) is 12.2 Å². The Morgan fingerprint density at radius 2 is 0.837 bits per heavy atom. The SMILES string of the molecule is C/C=C/C[C@@H](C)[C@@H](O)[C@H]1C(=O)C[C@@H](C(C)C)C(=O)N(C)CC(=O)N(C)[C@@H](CC(C)C)C(=O)C[C@@H](C(C)C)C(=O)N(C)[C@@H](CC(C)C)C(=O)C[C@@H](C)C(=O)N[C@H](C)C(=O)N(C)[C@@H](CC(C)C)C(=O)N(C)[C@@H](CC(C)C)C(=O)N(C)[C@@H](C(C)C)C(=O)N1C. The molecule has 0 unspecified atom stereocenters. The zero-order valence-corrected chi connectivity index (χ0v) is 57.6. The molecular weight excluding hydrogens is 1100 g/mol. The Balaban J connectivity index is 4.37. The Morgan fingerprint density at radius 1 is 0.453 bits per heavy atom. The van der Waals surface area contributed by atoms with Crippen LogP contribution in [-0.4, -0.2) is 208 Å². The van der Waals surface area contributed by atoms with Crippen molar-refractivity contribution in [1.29, 1.82) is 0 Å². The van der Waals surface area contributed by atoms with Gasteiger partial charge in [0.05, 0.1) is 24.7 Å². The van der Waals surface area contributed by atoms with E-state index in [9.17, 15) is 43.5 Å². The number of nitrogens with zero attached hydrogens (tertiary/aromatic N) is 7. The maximum absolute atomic E-state index is 15.2. The number of allylic oxidation sites excluding steroid dienone is 2. The molecule has 0 aromatic carbocycles. The molecule has 0 bridgehead atoms. The fourth-order valence-corrected chi connectivity index (χ4v) is 11.7. The third kappa shape index (κ3) is 22.0. The molecule has 492 valence electrons. The van der Waals surface area contributed by atoms with Gasteiger partial charge in [-0.15, -0.1) is 0 Å². The lowest BCUT2D eigenvalue weighted by molar-refractivity contribution is -0.157. The Hall–Kier alpha value is -5.53. The lowest BCUT2D eigenvalue weighted by Crippen LogP contribution is -2.61. The molecule has 1 aliphatic rings. The topological polar surface area (TPSA) is 243 Å². The predicted molar refractivity (Wildman–Crippen MR) is 337 cm³/mol. The molecule has 1 saturated heterocycles. The van der Waals surface area contributed by atoms with Crippen LogP contribution in [-0.2, 0) is 52.7 Å². The lowest BCUT2D eigenvalue weighted by atomic mass is 9.83. The van der Waals surface area contributed by atoms with Gasteiger partial charge in [0.1, 0.15) is 30.2 Å². The number of likely N-dealkylation sites (N-methyl/N-ethyl adjacent to an activating group) is 7. The van der Waals surface area contributed by atoms with Gasteiger partial charge in [-0.25, -0.2) is 0 Å². The summed E-state index contributed by atoms with van der Waals surface area (Å²) in [4.78, 5) is 170. The number of carbonyl (C=O) groups is 11. The maximum atomic E-state index is 15.2. The van der Waals surface area contributed by atoms with Crippen LogP contribution in [0, 0.1) is 65.1 Å². The minimum Gasteiger partial charge on any atom is -0.390 e. The molecule has 2 N–H and O–H groups in total. The molecule has 1 aliphatic heterocycles. The van der Waals surface area contributed by atoms with Crippen LogP contribution < -0.4 is 5.32 Å². The van der Waals surface area contributed by atoms with Crippen LogP contribution in [0.4, 0.5) is 0 Å². The number of aliphatic hydroxyl groups excluding tert-OH is 1. The summed E-state index contributed by atoms with van der Waals surface area (Å²) < 4.78 is 0. The predicted octanol–water partition coefficient (Wildman–Crippen LogP) is 6.79. The van der Waals surface area contributed by atoms with Gasteiger partial charge in [-0.05, 0) is 93.3 Å². The van der Waals surface area contributed by atoms with E-state index in [-0.39, 0.29) is 79.7 Å². The Morgan fingerprint density at radius 3 is 1.28 bits per heavy atom. The van der Waals surface area contributed by atoms with Crippen molar-refractivity contribution in [2.75, 3.05) is 55.9 Å². The first-order chi connectivity index (χ1) is 39.6. The highest BCUT2D eigenvalue weighted by Gasteiger charge is 2.46. The highest BCUT2D eigenvalue weighted by molar-refractivity contribution is 5.99. The molecule has 0 aromatic heterocycles. The van der Waals surface area contributed by atoms with Gasteiger partial charge in [-0.1, -0.05) is 123 Å². The minimum absolute atomic E-state index is 0.0665. The molecule has 0 spiro atoms. The van der Waals surface area contributed by atoms with Gasteiger partial charge in [0.25, 0.3) is 0 Å². The van der Waals surface area contributed by atoms with Crippen molar-refractivity contribution in [2.45, 2.75) is 224 Å². The second-order valence-electron chi connectivity index (χ2n) is 27.8. The van der Waals surface area contributed by atoms with Crippen molar-refractivity contribution in [1.82, 2.24) is 39.6 Å². The van der Waals surface area contributed by atoms with E-state index < -0.39 is 150 Å². The highest BCUT2D eigenvalue weighted by atomic mass is 16.3. The van der Waals surface area contributed by atoms with E-state index in [2.05, 4.69) is 5.32 Å². The lowest BCUT2D eigenvalue weighted by Gasteiger charge is -2.41. The zero-order chi connectivity index (χ0) is 66.8. The van der Waals surface area contributed by atoms with E-state index in [1.165, 1.54) is 85.7 Å². The molecule has 20 heteroatoms. The first kappa shape index (κ1) is 78.5. The molecule has 1 fully saturated rings. The zero-order valence-electron chi connectivity index (χ0n) is 57.6. The van der Waals surface area contributed by atoms with Crippen LogP contribution in [0.2, 0.25) is 0 Å².